The number of likely N-dealkylation sites (N-methyl/N-ethyl adjacent to an activating group) is 1. The quantitative estimate of drug-likeness (QED) is 0.574. The standard InChI is InChI=1S/C19H38N2O4/c1-9-14(6)18(21(7)19(23)17(20)13(4)5)15(24-8)10-16(22)25-11-12(2)3/h12-15,17-18H,9-11,20H2,1-8H3/t14-,15+,17-,18-/m0/s1. The van der Waals surface area contributed by atoms with E-state index in [-0.39, 0.29) is 42.1 Å². The zero-order valence-electron chi connectivity index (χ0n) is 17.2. The van der Waals surface area contributed by atoms with Crippen LogP contribution in [0.25, 0.3) is 0 Å². The smallest absolute Gasteiger partial charge is 0.308 e. The molecule has 148 valence electrons. The van der Waals surface area contributed by atoms with Crippen LogP contribution < -0.4 is 5.73 Å². The third kappa shape index (κ3) is 7.74. The highest BCUT2D eigenvalue weighted by atomic mass is 16.5. The first-order chi connectivity index (χ1) is 11.6. The van der Waals surface area contributed by atoms with Crippen molar-refractivity contribution < 1.29 is 19.1 Å². The maximum Gasteiger partial charge on any atom is 0.308 e. The van der Waals surface area contributed by atoms with Crippen LogP contribution in [0.15, 0.2) is 0 Å². The van der Waals surface area contributed by atoms with Crippen LogP contribution in [-0.2, 0) is 19.1 Å². The summed E-state index contributed by atoms with van der Waals surface area (Å²) < 4.78 is 10.9. The van der Waals surface area contributed by atoms with Crippen molar-refractivity contribution in [3.8, 4) is 0 Å². The van der Waals surface area contributed by atoms with E-state index < -0.39 is 12.1 Å². The summed E-state index contributed by atoms with van der Waals surface area (Å²) in [5.74, 6) is 0.0602. The number of nitrogens with zero attached hydrogens (tertiary/aromatic N) is 1. The number of esters is 1. The lowest BCUT2D eigenvalue weighted by Crippen LogP contribution is -2.55. The van der Waals surface area contributed by atoms with E-state index in [4.69, 9.17) is 15.2 Å². The Bertz CT molecular complexity index is 412. The van der Waals surface area contributed by atoms with Crippen molar-refractivity contribution in [3.05, 3.63) is 0 Å². The van der Waals surface area contributed by atoms with Gasteiger partial charge in [-0.25, -0.2) is 0 Å². The minimum Gasteiger partial charge on any atom is -0.465 e. The fourth-order valence-electron chi connectivity index (χ4n) is 2.73. The molecule has 6 heteroatoms. The summed E-state index contributed by atoms with van der Waals surface area (Å²) in [6, 6.07) is -0.805. The van der Waals surface area contributed by atoms with Gasteiger partial charge in [-0.2, -0.15) is 0 Å². The third-order valence-corrected chi connectivity index (χ3v) is 4.65. The molecule has 4 atom stereocenters. The summed E-state index contributed by atoms with van der Waals surface area (Å²) in [5.41, 5.74) is 6.04. The molecule has 0 saturated heterocycles. The third-order valence-electron chi connectivity index (χ3n) is 4.65. The summed E-state index contributed by atoms with van der Waals surface area (Å²) >= 11 is 0. The van der Waals surface area contributed by atoms with Crippen LogP contribution in [0.2, 0.25) is 0 Å². The molecule has 25 heavy (non-hydrogen) atoms. The molecule has 0 spiro atoms. The first kappa shape index (κ1) is 23.9. The molecule has 0 unspecified atom stereocenters. The maximum atomic E-state index is 12.7. The van der Waals surface area contributed by atoms with Gasteiger partial charge in [0.15, 0.2) is 0 Å². The second-order valence-electron chi connectivity index (χ2n) is 7.65. The maximum absolute atomic E-state index is 12.7. The van der Waals surface area contributed by atoms with Crippen LogP contribution >= 0.6 is 0 Å². The van der Waals surface area contributed by atoms with Gasteiger partial charge in [-0.05, 0) is 17.8 Å². The van der Waals surface area contributed by atoms with Gasteiger partial charge >= 0.3 is 5.97 Å². The van der Waals surface area contributed by atoms with E-state index in [9.17, 15) is 9.59 Å². The van der Waals surface area contributed by atoms with Gasteiger partial charge in [0.2, 0.25) is 5.91 Å². The molecule has 1 amide bonds. The minimum absolute atomic E-state index is 0.0459. The number of hydrogen-bond acceptors (Lipinski definition) is 5. The van der Waals surface area contributed by atoms with Crippen LogP contribution in [-0.4, -0.2) is 55.7 Å². The Morgan fingerprint density at radius 2 is 1.68 bits per heavy atom. The molecule has 0 aromatic carbocycles. The van der Waals surface area contributed by atoms with E-state index in [1.54, 1.807) is 19.1 Å². The van der Waals surface area contributed by atoms with Crippen LogP contribution in [0, 0.1) is 17.8 Å². The Kier molecular flexibility index (Phi) is 10.9. The van der Waals surface area contributed by atoms with Crippen molar-refractivity contribution in [2.45, 2.75) is 72.6 Å². The van der Waals surface area contributed by atoms with E-state index in [2.05, 4.69) is 13.8 Å². The van der Waals surface area contributed by atoms with Gasteiger partial charge in [-0.1, -0.05) is 48.0 Å². The molecule has 0 heterocycles. The Morgan fingerprint density at radius 1 is 1.12 bits per heavy atom. The van der Waals surface area contributed by atoms with E-state index >= 15 is 0 Å². The van der Waals surface area contributed by atoms with Crippen LogP contribution in [0.5, 0.6) is 0 Å². The second kappa shape index (κ2) is 11.5. The number of carbonyl (C=O) groups excluding carboxylic acids is 2. The minimum atomic E-state index is -0.568. The lowest BCUT2D eigenvalue weighted by Gasteiger charge is -2.39. The molecule has 6 nitrogen and oxygen atoms in total. The molecule has 0 aliphatic rings. The lowest BCUT2D eigenvalue weighted by molar-refractivity contribution is -0.152. The van der Waals surface area contributed by atoms with Gasteiger partial charge in [-0.3, -0.25) is 9.59 Å². The number of hydrogen-bond donors (Lipinski definition) is 1. The van der Waals surface area contributed by atoms with Crippen molar-refractivity contribution in [2.24, 2.45) is 23.5 Å². The summed E-state index contributed by atoms with van der Waals surface area (Å²) in [6.07, 6.45) is 0.551. The zero-order chi connectivity index (χ0) is 19.7. The van der Waals surface area contributed by atoms with Crippen LogP contribution in [0.1, 0.15) is 54.4 Å². The highest BCUT2D eigenvalue weighted by Crippen LogP contribution is 2.23. The average Bonchev–Trinajstić information content (AvgIpc) is 2.56. The van der Waals surface area contributed by atoms with Crippen molar-refractivity contribution in [1.29, 1.82) is 0 Å². The largest absolute Gasteiger partial charge is 0.465 e. The summed E-state index contributed by atoms with van der Waals surface area (Å²) in [7, 11) is 3.31. The first-order valence-corrected chi connectivity index (χ1v) is 9.27. The van der Waals surface area contributed by atoms with Crippen molar-refractivity contribution in [3.63, 3.8) is 0 Å². The fraction of sp³-hybridized carbons (Fsp3) is 0.895. The molecule has 0 saturated carbocycles. The van der Waals surface area contributed by atoms with E-state index in [1.165, 1.54) is 0 Å². The first-order valence-electron chi connectivity index (χ1n) is 9.27. The van der Waals surface area contributed by atoms with Crippen LogP contribution in [0.4, 0.5) is 0 Å². The monoisotopic (exact) mass is 358 g/mol. The van der Waals surface area contributed by atoms with Gasteiger partial charge in [0.25, 0.3) is 0 Å². The zero-order valence-corrected chi connectivity index (χ0v) is 17.2. The van der Waals surface area contributed by atoms with Crippen molar-refractivity contribution >= 4 is 11.9 Å². The fourth-order valence-corrected chi connectivity index (χ4v) is 2.73. The number of ether oxygens (including phenoxy) is 2. The highest BCUT2D eigenvalue weighted by molar-refractivity contribution is 5.82. The predicted molar refractivity (Wildman–Crippen MR) is 100 cm³/mol. The van der Waals surface area contributed by atoms with E-state index in [1.807, 2.05) is 27.7 Å². The summed E-state index contributed by atoms with van der Waals surface area (Å²) in [5, 5.41) is 0. The Hall–Kier alpha value is -1.14. The van der Waals surface area contributed by atoms with Gasteiger partial charge in [0.1, 0.15) is 0 Å². The molecule has 0 fully saturated rings. The van der Waals surface area contributed by atoms with Gasteiger partial charge in [0.05, 0.1) is 31.2 Å². The average molecular weight is 359 g/mol. The Balaban J connectivity index is 5.25. The van der Waals surface area contributed by atoms with Crippen molar-refractivity contribution in [2.75, 3.05) is 20.8 Å². The van der Waals surface area contributed by atoms with E-state index in [0.29, 0.717) is 6.61 Å². The molecule has 0 aromatic heterocycles. The summed E-state index contributed by atoms with van der Waals surface area (Å²) in [6.45, 7) is 12.3. The molecule has 0 rings (SSSR count). The molecule has 0 radical (unpaired) electrons. The Morgan fingerprint density at radius 3 is 2.08 bits per heavy atom. The highest BCUT2D eigenvalue weighted by Gasteiger charge is 2.36. The predicted octanol–water partition coefficient (Wildman–Crippen LogP) is 2.45. The molecule has 0 bridgehead atoms. The SMILES string of the molecule is CC[C@H](C)[C@@H]([C@@H](CC(=O)OCC(C)C)OC)N(C)C(=O)[C@@H](N)C(C)C. The molecule has 0 aliphatic carbocycles. The molecule has 2 N–H and O–H groups in total. The van der Waals surface area contributed by atoms with Crippen LogP contribution in [0.3, 0.4) is 0 Å². The number of carbonyl (C=O) groups is 2. The topological polar surface area (TPSA) is 81.9 Å². The number of rotatable bonds is 11. The molecule has 0 aliphatic heterocycles. The van der Waals surface area contributed by atoms with E-state index in [0.717, 1.165) is 6.42 Å². The van der Waals surface area contributed by atoms with Gasteiger partial charge in [0, 0.05) is 14.2 Å². The molecular weight excluding hydrogens is 320 g/mol. The number of amides is 1. The molecular formula is C19H38N2O4. The van der Waals surface area contributed by atoms with Gasteiger partial charge < -0.3 is 20.1 Å². The number of methoxy groups -OCH3 is 1. The Labute approximate surface area is 153 Å². The summed E-state index contributed by atoms with van der Waals surface area (Å²) in [4.78, 5) is 26.5. The van der Waals surface area contributed by atoms with Crippen molar-refractivity contribution in [1.82, 2.24) is 4.90 Å². The normalized spacial score (nSPS) is 16.4. The number of nitrogens with two attached hydrogens (primary N) is 1. The second-order valence-corrected chi connectivity index (χ2v) is 7.65. The van der Waals surface area contributed by atoms with Gasteiger partial charge in [-0.15, -0.1) is 0 Å². The lowest BCUT2D eigenvalue weighted by atomic mass is 9.90. The molecule has 0 aromatic rings.